The van der Waals surface area contributed by atoms with Gasteiger partial charge in [-0.3, -0.25) is 0 Å². The van der Waals surface area contributed by atoms with Crippen molar-refractivity contribution in [2.24, 2.45) is 5.92 Å². The van der Waals surface area contributed by atoms with E-state index >= 15 is 0 Å². The zero-order valence-corrected chi connectivity index (χ0v) is 41.9. The first-order valence-corrected chi connectivity index (χ1v) is 26.2. The number of benzene rings is 7. The van der Waals surface area contributed by atoms with Crippen LogP contribution >= 0.6 is 0 Å². The smallest absolute Gasteiger partial charge is 0.121 e. The van der Waals surface area contributed by atoms with E-state index in [9.17, 15) is 0 Å². The van der Waals surface area contributed by atoms with Crippen molar-refractivity contribution in [2.45, 2.75) is 52.8 Å². The van der Waals surface area contributed by atoms with Gasteiger partial charge in [-0.2, -0.15) is 0 Å². The second-order valence-corrected chi connectivity index (χ2v) is 23.4. The van der Waals surface area contributed by atoms with Crippen molar-refractivity contribution in [1.82, 2.24) is 9.97 Å². The molecule has 0 N–H and O–H groups in total. The first kappa shape index (κ1) is 46.1. The van der Waals surface area contributed by atoms with Gasteiger partial charge in [0.05, 0.1) is 13.7 Å². The summed E-state index contributed by atoms with van der Waals surface area (Å²) in [5.41, 5.74) is 16.6. The molecular weight excluding hydrogens is 997 g/mol. The van der Waals surface area contributed by atoms with Gasteiger partial charge >= 0.3 is 0 Å². The van der Waals surface area contributed by atoms with Crippen molar-refractivity contribution in [1.29, 1.82) is 0 Å². The van der Waals surface area contributed by atoms with E-state index in [0.29, 0.717) is 5.92 Å². The van der Waals surface area contributed by atoms with Crippen LogP contribution in [0.2, 0.25) is 19.6 Å². The summed E-state index contributed by atoms with van der Waals surface area (Å²) >= 11 is 0. The molecular formula is C61H54IrN2OSi-2. The standard InChI is InChI=1S/C37H26NO.C24H28NSi.Ir/c1-25(26-11-4-2-5-12-26)28-21-22-38-35(23-28)34-18-10-17-33-32-20-19-29(24-36(32)39-37(33)34)31-16-9-8-15-30(31)27-13-6-3-7-14-27;1-18(2)15-22-16-23(25-17-24(22)26(3,4)5)21-13-11-20(12-14-21)19-9-7-6-8-10-19;/h2-17,19-25H,1H3;6-13,16-18H,15H2,1-5H3;/q2*-1;. The fourth-order valence-corrected chi connectivity index (χ4v) is 10.4. The summed E-state index contributed by atoms with van der Waals surface area (Å²) in [7, 11) is -1.39. The van der Waals surface area contributed by atoms with Crippen LogP contribution in [0.3, 0.4) is 0 Å². The van der Waals surface area contributed by atoms with E-state index < -0.39 is 8.07 Å². The van der Waals surface area contributed by atoms with Crippen LogP contribution in [0.4, 0.5) is 0 Å². The Morgan fingerprint density at radius 3 is 1.88 bits per heavy atom. The van der Waals surface area contributed by atoms with E-state index in [1.165, 1.54) is 49.7 Å². The Morgan fingerprint density at radius 2 is 1.21 bits per heavy atom. The zero-order valence-electron chi connectivity index (χ0n) is 38.5. The summed E-state index contributed by atoms with van der Waals surface area (Å²) in [6.45, 7) is 14.0. The molecule has 0 fully saturated rings. The Bertz CT molecular complexity index is 3190. The molecule has 10 rings (SSSR count). The average Bonchev–Trinajstić information content (AvgIpc) is 3.73. The van der Waals surface area contributed by atoms with E-state index in [1.807, 2.05) is 24.4 Å². The SMILES string of the molecule is CC(C)Cc1cc(-c2[c-]cc(-c3ccccc3)cc2)ncc1[Si](C)(C)C.CC(c1ccccc1)c1ccnc(-c2[c-]ccc3c2oc2cc(-c4ccccc4-c4ccccc4)ccc23)c1.[Ir]. The molecule has 329 valence electrons. The van der Waals surface area contributed by atoms with Gasteiger partial charge in [-0.25, -0.2) is 0 Å². The number of furan rings is 1. The topological polar surface area (TPSA) is 38.9 Å². The third-order valence-electron chi connectivity index (χ3n) is 12.2. The van der Waals surface area contributed by atoms with Crippen LogP contribution in [-0.4, -0.2) is 18.0 Å². The molecule has 0 bridgehead atoms. The largest absolute Gasteiger partial charge is 0.501 e. The Labute approximate surface area is 405 Å². The molecule has 0 saturated carbocycles. The van der Waals surface area contributed by atoms with Gasteiger partial charge in [0, 0.05) is 43.8 Å². The van der Waals surface area contributed by atoms with Crippen molar-refractivity contribution < 1.29 is 24.5 Å². The Kier molecular flexibility index (Phi) is 14.2. The summed E-state index contributed by atoms with van der Waals surface area (Å²) < 4.78 is 6.56. The van der Waals surface area contributed by atoms with Gasteiger partial charge in [-0.15, -0.1) is 48.0 Å². The van der Waals surface area contributed by atoms with Crippen molar-refractivity contribution in [2.75, 3.05) is 0 Å². The maximum absolute atomic E-state index is 6.56. The normalized spacial score (nSPS) is 11.8. The second kappa shape index (κ2) is 20.4. The van der Waals surface area contributed by atoms with E-state index in [4.69, 9.17) is 14.4 Å². The summed E-state index contributed by atoms with van der Waals surface area (Å²) in [5, 5.41) is 3.65. The van der Waals surface area contributed by atoms with Crippen LogP contribution in [0.5, 0.6) is 0 Å². The molecule has 66 heavy (non-hydrogen) atoms. The van der Waals surface area contributed by atoms with E-state index in [0.717, 1.165) is 56.4 Å². The molecule has 10 aromatic rings. The van der Waals surface area contributed by atoms with Crippen LogP contribution in [0.25, 0.3) is 77.8 Å². The molecule has 3 heterocycles. The second-order valence-electron chi connectivity index (χ2n) is 18.4. The van der Waals surface area contributed by atoms with Gasteiger partial charge in [0.1, 0.15) is 5.58 Å². The summed E-state index contributed by atoms with van der Waals surface area (Å²) in [6.07, 6.45) is 5.12. The first-order valence-electron chi connectivity index (χ1n) is 22.7. The van der Waals surface area contributed by atoms with E-state index in [1.54, 1.807) is 0 Å². The Balaban J connectivity index is 0.000000192. The molecule has 0 amide bonds. The number of hydrogen-bond acceptors (Lipinski definition) is 3. The fraction of sp³-hybridized carbons (Fsp3) is 0.148. The van der Waals surface area contributed by atoms with Crippen LogP contribution in [0, 0.1) is 18.1 Å². The van der Waals surface area contributed by atoms with Crippen molar-refractivity contribution >= 4 is 35.2 Å². The molecule has 7 aromatic carbocycles. The van der Waals surface area contributed by atoms with Gasteiger partial charge in [-0.05, 0) is 74.4 Å². The Hall–Kier alpha value is -6.49. The third-order valence-corrected chi connectivity index (χ3v) is 14.3. The number of nitrogens with zero attached hydrogens (tertiary/aromatic N) is 2. The average molecular weight is 1050 g/mol. The summed E-state index contributed by atoms with van der Waals surface area (Å²) in [6, 6.07) is 70.4. The number of aromatic nitrogens is 2. The molecule has 1 radical (unpaired) electrons. The van der Waals surface area contributed by atoms with Gasteiger partial charge in [-0.1, -0.05) is 208 Å². The molecule has 0 spiro atoms. The Morgan fingerprint density at radius 1 is 0.561 bits per heavy atom. The van der Waals surface area contributed by atoms with E-state index in [2.05, 4.69) is 223 Å². The quantitative estimate of drug-likeness (QED) is 0.101. The molecule has 3 nitrogen and oxygen atoms in total. The van der Waals surface area contributed by atoms with Gasteiger partial charge in [0.2, 0.25) is 0 Å². The summed E-state index contributed by atoms with van der Waals surface area (Å²) in [5.74, 6) is 0.903. The molecule has 0 saturated heterocycles. The molecule has 0 aliphatic carbocycles. The molecule has 0 aliphatic rings. The number of fused-ring (bicyclic) bond motifs is 3. The molecule has 3 aromatic heterocycles. The minimum atomic E-state index is -1.39. The van der Waals surface area contributed by atoms with Crippen molar-refractivity contribution in [3.63, 3.8) is 0 Å². The predicted molar refractivity (Wildman–Crippen MR) is 276 cm³/mol. The van der Waals surface area contributed by atoms with Crippen LogP contribution in [-0.2, 0) is 26.5 Å². The third kappa shape index (κ3) is 10.1. The number of rotatable bonds is 10. The van der Waals surface area contributed by atoms with Crippen LogP contribution in [0.15, 0.2) is 199 Å². The number of pyridine rings is 2. The minimum absolute atomic E-state index is 0. The molecule has 5 heteroatoms. The van der Waals surface area contributed by atoms with Gasteiger partial charge in [0.25, 0.3) is 0 Å². The van der Waals surface area contributed by atoms with Crippen LogP contribution < -0.4 is 5.19 Å². The first-order chi connectivity index (χ1) is 31.6. The molecule has 0 aliphatic heterocycles. The van der Waals surface area contributed by atoms with Crippen molar-refractivity contribution in [3.8, 4) is 55.9 Å². The maximum atomic E-state index is 6.56. The fourth-order valence-electron chi connectivity index (χ4n) is 8.81. The monoisotopic (exact) mass is 1050 g/mol. The van der Waals surface area contributed by atoms with Crippen molar-refractivity contribution in [3.05, 3.63) is 223 Å². The zero-order chi connectivity index (χ0) is 44.9. The molecule has 1 unspecified atom stereocenters. The summed E-state index contributed by atoms with van der Waals surface area (Å²) in [4.78, 5) is 9.51. The minimum Gasteiger partial charge on any atom is -0.501 e. The van der Waals surface area contributed by atoms with Gasteiger partial charge < -0.3 is 14.4 Å². The van der Waals surface area contributed by atoms with E-state index in [-0.39, 0.29) is 26.0 Å². The molecule has 1 atom stereocenters. The van der Waals surface area contributed by atoms with Gasteiger partial charge in [0.15, 0.2) is 0 Å². The predicted octanol–water partition coefficient (Wildman–Crippen LogP) is 15.9. The maximum Gasteiger partial charge on any atom is 0.121 e. The van der Waals surface area contributed by atoms with Crippen LogP contribution in [0.1, 0.15) is 43.4 Å². The number of hydrogen-bond donors (Lipinski definition) is 0.